The molecule has 1 fully saturated rings. The number of hydrogen-bond donors (Lipinski definition) is 1. The number of rotatable bonds is 7. The molecule has 4 rings (SSSR count). The molecule has 1 aliphatic heterocycles. The second-order valence-electron chi connectivity index (χ2n) is 8.58. The summed E-state index contributed by atoms with van der Waals surface area (Å²) in [4.78, 5) is 10.8. The van der Waals surface area contributed by atoms with Crippen LogP contribution in [0.4, 0.5) is 18.9 Å². The van der Waals surface area contributed by atoms with E-state index in [2.05, 4.69) is 17.4 Å². The van der Waals surface area contributed by atoms with E-state index in [0.717, 1.165) is 43.6 Å². The van der Waals surface area contributed by atoms with Crippen LogP contribution in [0.15, 0.2) is 72.8 Å². The molecule has 1 aliphatic rings. The number of nitrogens with one attached hydrogen (secondary N) is 1. The predicted molar refractivity (Wildman–Crippen MR) is 123 cm³/mol. The first-order chi connectivity index (χ1) is 16.3. The summed E-state index contributed by atoms with van der Waals surface area (Å²) in [5, 5.41) is 14.8. The minimum Gasteiger partial charge on any atom is -0.376 e. The summed E-state index contributed by atoms with van der Waals surface area (Å²) in [6.07, 6.45) is -2.86. The Morgan fingerprint density at radius 2 is 1.65 bits per heavy atom. The van der Waals surface area contributed by atoms with Gasteiger partial charge in [0.1, 0.15) is 0 Å². The molecule has 1 heterocycles. The smallest absolute Gasteiger partial charge is 0.376 e. The van der Waals surface area contributed by atoms with E-state index in [9.17, 15) is 23.3 Å². The molecule has 5 nitrogen and oxygen atoms in total. The number of hydrogen-bond acceptors (Lipinski definition) is 4. The molecule has 0 spiro atoms. The molecule has 0 amide bonds. The molecule has 0 bridgehead atoms. The zero-order valence-corrected chi connectivity index (χ0v) is 18.5. The molecule has 0 saturated carbocycles. The summed E-state index contributed by atoms with van der Waals surface area (Å²) in [6.45, 7) is 2.02. The van der Waals surface area contributed by atoms with E-state index in [4.69, 9.17) is 4.74 Å². The summed E-state index contributed by atoms with van der Waals surface area (Å²) in [6, 6.07) is 19.4. The topological polar surface area (TPSA) is 64.4 Å². The largest absolute Gasteiger partial charge is 0.416 e. The van der Waals surface area contributed by atoms with Gasteiger partial charge in [0.25, 0.3) is 5.69 Å². The Kier molecular flexibility index (Phi) is 7.00. The number of alkyl halides is 3. The minimum atomic E-state index is -4.59. The zero-order chi connectivity index (χ0) is 24.2. The Morgan fingerprint density at radius 1 is 0.971 bits per heavy atom. The van der Waals surface area contributed by atoms with Crippen molar-refractivity contribution in [1.29, 1.82) is 0 Å². The number of piperidine rings is 1. The average Bonchev–Trinajstić information content (AvgIpc) is 2.84. The second kappa shape index (κ2) is 9.95. The third kappa shape index (κ3) is 5.29. The molecule has 1 saturated heterocycles. The number of nitrogens with zero attached hydrogens (tertiary/aromatic N) is 1. The van der Waals surface area contributed by atoms with E-state index in [1.807, 2.05) is 18.2 Å². The van der Waals surface area contributed by atoms with Gasteiger partial charge < -0.3 is 10.1 Å². The van der Waals surface area contributed by atoms with E-state index in [0.29, 0.717) is 12.2 Å². The normalized spacial score (nSPS) is 15.7. The van der Waals surface area contributed by atoms with Crippen molar-refractivity contribution in [2.45, 2.75) is 31.0 Å². The summed E-state index contributed by atoms with van der Waals surface area (Å²) in [5.41, 5.74) is 0.434. The van der Waals surface area contributed by atoms with Gasteiger partial charge in [0.2, 0.25) is 0 Å². The van der Waals surface area contributed by atoms with Gasteiger partial charge in [-0.2, -0.15) is 13.2 Å². The number of ether oxygens (including phenoxy) is 1. The molecule has 0 unspecified atom stereocenters. The van der Waals surface area contributed by atoms with Crippen LogP contribution in [0.3, 0.4) is 0 Å². The van der Waals surface area contributed by atoms with Crippen LogP contribution in [0, 0.1) is 10.1 Å². The van der Waals surface area contributed by atoms with Gasteiger partial charge >= 0.3 is 6.18 Å². The molecule has 1 N–H and O–H groups in total. The van der Waals surface area contributed by atoms with Gasteiger partial charge in [-0.3, -0.25) is 10.1 Å². The number of benzene rings is 3. The highest BCUT2D eigenvalue weighted by atomic mass is 19.4. The number of nitro groups is 1. The Balaban J connectivity index is 1.62. The number of nitro benzene ring substituents is 1. The van der Waals surface area contributed by atoms with E-state index < -0.39 is 16.7 Å². The van der Waals surface area contributed by atoms with Crippen LogP contribution in [0.1, 0.15) is 29.5 Å². The Labute approximate surface area is 195 Å². The monoisotopic (exact) mass is 470 g/mol. The second-order valence-corrected chi connectivity index (χ2v) is 8.58. The van der Waals surface area contributed by atoms with Gasteiger partial charge in [-0.25, -0.2) is 0 Å². The highest BCUT2D eigenvalue weighted by Crippen LogP contribution is 2.37. The maximum Gasteiger partial charge on any atom is 0.416 e. The summed E-state index contributed by atoms with van der Waals surface area (Å²) in [5.74, 6) is 0. The maximum atomic E-state index is 13.6. The van der Waals surface area contributed by atoms with E-state index in [1.165, 1.54) is 24.3 Å². The lowest BCUT2D eigenvalue weighted by atomic mass is 9.74. The molecule has 0 radical (unpaired) electrons. The highest BCUT2D eigenvalue weighted by molar-refractivity contribution is 5.74. The van der Waals surface area contributed by atoms with Gasteiger partial charge in [0.15, 0.2) is 0 Å². The fourth-order valence-corrected chi connectivity index (χ4v) is 4.55. The highest BCUT2D eigenvalue weighted by Gasteiger charge is 2.35. The van der Waals surface area contributed by atoms with Crippen LogP contribution < -0.4 is 5.32 Å². The average molecular weight is 470 g/mol. The first kappa shape index (κ1) is 23.9. The lowest BCUT2D eigenvalue weighted by Crippen LogP contribution is -2.43. The van der Waals surface area contributed by atoms with Gasteiger partial charge in [0.05, 0.1) is 29.3 Å². The van der Waals surface area contributed by atoms with Gasteiger partial charge in [-0.15, -0.1) is 0 Å². The van der Waals surface area contributed by atoms with Crippen LogP contribution in [-0.4, -0.2) is 24.6 Å². The molecule has 3 aromatic carbocycles. The SMILES string of the molecule is O=[N+]([O-])c1ccccc1-c1cc(COCC2(c3ccccc3)CCNCC2)cc(C(F)(F)F)c1. The minimum absolute atomic E-state index is 0.0282. The first-order valence-corrected chi connectivity index (χ1v) is 11.1. The van der Waals surface area contributed by atoms with E-state index >= 15 is 0 Å². The molecular formula is C26H25F3N2O3. The Hall–Kier alpha value is -3.23. The van der Waals surface area contributed by atoms with Crippen molar-refractivity contribution >= 4 is 5.69 Å². The number of para-hydroxylation sites is 1. The number of halogens is 3. The van der Waals surface area contributed by atoms with Gasteiger partial charge in [-0.1, -0.05) is 42.5 Å². The van der Waals surface area contributed by atoms with E-state index in [1.54, 1.807) is 6.07 Å². The quantitative estimate of drug-likeness (QED) is 0.334. The fourth-order valence-electron chi connectivity index (χ4n) is 4.55. The lowest BCUT2D eigenvalue weighted by molar-refractivity contribution is -0.384. The van der Waals surface area contributed by atoms with Crippen LogP contribution >= 0.6 is 0 Å². The third-order valence-corrected chi connectivity index (χ3v) is 6.33. The molecule has 0 aromatic heterocycles. The van der Waals surface area contributed by atoms with Gasteiger partial charge in [-0.05, 0) is 66.9 Å². The lowest BCUT2D eigenvalue weighted by Gasteiger charge is -2.38. The fraction of sp³-hybridized carbons (Fsp3) is 0.308. The summed E-state index contributed by atoms with van der Waals surface area (Å²) >= 11 is 0. The summed E-state index contributed by atoms with van der Waals surface area (Å²) in [7, 11) is 0. The van der Waals surface area contributed by atoms with Crippen molar-refractivity contribution in [2.75, 3.05) is 19.7 Å². The molecule has 8 heteroatoms. The Morgan fingerprint density at radius 3 is 2.32 bits per heavy atom. The van der Waals surface area contributed by atoms with Crippen molar-refractivity contribution < 1.29 is 22.8 Å². The molecule has 0 atom stereocenters. The van der Waals surface area contributed by atoms with Crippen molar-refractivity contribution in [3.05, 3.63) is 99.6 Å². The maximum absolute atomic E-state index is 13.6. The van der Waals surface area contributed by atoms with Crippen molar-refractivity contribution in [3.63, 3.8) is 0 Å². The van der Waals surface area contributed by atoms with E-state index in [-0.39, 0.29) is 28.8 Å². The van der Waals surface area contributed by atoms with Crippen molar-refractivity contribution in [3.8, 4) is 11.1 Å². The molecular weight excluding hydrogens is 445 g/mol. The third-order valence-electron chi connectivity index (χ3n) is 6.33. The van der Waals surface area contributed by atoms with Crippen LogP contribution in [-0.2, 0) is 22.9 Å². The van der Waals surface area contributed by atoms with Gasteiger partial charge in [0, 0.05) is 11.5 Å². The predicted octanol–water partition coefficient (Wildman–Crippen LogP) is 6.12. The molecule has 34 heavy (non-hydrogen) atoms. The van der Waals surface area contributed by atoms with Crippen LogP contribution in [0.2, 0.25) is 0 Å². The van der Waals surface area contributed by atoms with Crippen LogP contribution in [0.25, 0.3) is 11.1 Å². The summed E-state index contributed by atoms with van der Waals surface area (Å²) < 4.78 is 46.9. The first-order valence-electron chi connectivity index (χ1n) is 11.1. The molecule has 0 aliphatic carbocycles. The molecule has 178 valence electrons. The van der Waals surface area contributed by atoms with Crippen LogP contribution in [0.5, 0.6) is 0 Å². The molecule has 3 aromatic rings. The van der Waals surface area contributed by atoms with Crippen molar-refractivity contribution in [2.24, 2.45) is 0 Å². The Bertz CT molecular complexity index is 1140. The standard InChI is InChI=1S/C26H25F3N2O3/c27-26(28,29)22-15-19(14-20(16-22)23-8-4-5-9-24(23)31(32)33)17-34-18-25(10-12-30-13-11-25)21-6-2-1-3-7-21/h1-9,14-16,30H,10-13,17-18H2. The van der Waals surface area contributed by atoms with Crippen molar-refractivity contribution in [1.82, 2.24) is 5.32 Å². The zero-order valence-electron chi connectivity index (χ0n) is 18.5.